The van der Waals surface area contributed by atoms with Crippen molar-refractivity contribution in [2.45, 2.75) is 24.4 Å². The number of nitrogens with zero attached hydrogens (tertiary/aromatic N) is 4. The second-order valence-corrected chi connectivity index (χ2v) is 6.70. The summed E-state index contributed by atoms with van der Waals surface area (Å²) in [5.74, 6) is -1.21. The van der Waals surface area contributed by atoms with Crippen LogP contribution in [-0.4, -0.2) is 51.7 Å². The van der Waals surface area contributed by atoms with Crippen molar-refractivity contribution in [3.05, 3.63) is 42.5 Å². The van der Waals surface area contributed by atoms with Gasteiger partial charge in [0.2, 0.25) is 10.0 Å². The van der Waals surface area contributed by atoms with Crippen molar-refractivity contribution >= 4 is 16.0 Å². The van der Waals surface area contributed by atoms with E-state index in [1.54, 1.807) is 18.2 Å². The molecular formula is C13H16N4O4S. The number of sulfonamides is 1. The van der Waals surface area contributed by atoms with Gasteiger partial charge in [-0.25, -0.2) is 18.1 Å². The summed E-state index contributed by atoms with van der Waals surface area (Å²) < 4.78 is 27.6. The van der Waals surface area contributed by atoms with Crippen molar-refractivity contribution in [3.63, 3.8) is 0 Å². The van der Waals surface area contributed by atoms with E-state index in [4.69, 9.17) is 5.11 Å². The van der Waals surface area contributed by atoms with E-state index >= 15 is 0 Å². The standard InChI is InChI=1S/C13H16N4O4S/c1-10(13(18)19)16(2)22(20,21)12-6-4-3-5-11(12)7-17-9-14-8-15-17/h3-6,8-10H,7H2,1-2H3,(H,18,19). The van der Waals surface area contributed by atoms with Crippen LogP contribution < -0.4 is 0 Å². The lowest BCUT2D eigenvalue weighted by molar-refractivity contribution is -0.140. The van der Waals surface area contributed by atoms with Gasteiger partial charge in [0.15, 0.2) is 0 Å². The zero-order valence-electron chi connectivity index (χ0n) is 12.1. The number of carboxylic acids is 1. The molecule has 1 aromatic heterocycles. The lowest BCUT2D eigenvalue weighted by atomic mass is 10.2. The molecule has 9 heteroatoms. The highest BCUT2D eigenvalue weighted by Gasteiger charge is 2.30. The van der Waals surface area contributed by atoms with Crippen LogP contribution in [0.25, 0.3) is 0 Å². The molecule has 22 heavy (non-hydrogen) atoms. The number of hydrogen-bond acceptors (Lipinski definition) is 5. The topological polar surface area (TPSA) is 105 Å². The second-order valence-electron chi connectivity index (χ2n) is 4.74. The molecule has 2 aromatic rings. The van der Waals surface area contributed by atoms with Crippen LogP contribution in [0.15, 0.2) is 41.8 Å². The molecule has 0 spiro atoms. The maximum absolute atomic E-state index is 12.6. The third-order valence-corrected chi connectivity index (χ3v) is 5.36. The fourth-order valence-electron chi connectivity index (χ4n) is 1.89. The molecular weight excluding hydrogens is 308 g/mol. The maximum Gasteiger partial charge on any atom is 0.321 e. The first-order chi connectivity index (χ1) is 10.3. The van der Waals surface area contributed by atoms with Gasteiger partial charge in [0, 0.05) is 7.05 Å². The van der Waals surface area contributed by atoms with Gasteiger partial charge in [-0.2, -0.15) is 9.40 Å². The van der Waals surface area contributed by atoms with Crippen LogP contribution in [0.5, 0.6) is 0 Å². The highest BCUT2D eigenvalue weighted by atomic mass is 32.2. The van der Waals surface area contributed by atoms with Gasteiger partial charge in [-0.3, -0.25) is 4.79 Å². The monoisotopic (exact) mass is 324 g/mol. The van der Waals surface area contributed by atoms with Crippen LogP contribution in [-0.2, 0) is 21.4 Å². The average molecular weight is 324 g/mol. The molecule has 1 aromatic carbocycles. The Morgan fingerprint density at radius 2 is 2.09 bits per heavy atom. The second kappa shape index (κ2) is 6.24. The van der Waals surface area contributed by atoms with E-state index in [0.29, 0.717) is 5.56 Å². The van der Waals surface area contributed by atoms with Crippen LogP contribution >= 0.6 is 0 Å². The number of aromatic nitrogens is 3. The molecule has 2 rings (SSSR count). The van der Waals surface area contributed by atoms with Crippen molar-refractivity contribution < 1.29 is 18.3 Å². The maximum atomic E-state index is 12.6. The fraction of sp³-hybridized carbons (Fsp3) is 0.308. The Balaban J connectivity index is 2.41. The Kier molecular flexibility index (Phi) is 4.57. The van der Waals surface area contributed by atoms with E-state index in [9.17, 15) is 13.2 Å². The molecule has 118 valence electrons. The van der Waals surface area contributed by atoms with Crippen LogP contribution in [0.3, 0.4) is 0 Å². The molecule has 0 aliphatic carbocycles. The van der Waals surface area contributed by atoms with Gasteiger partial charge in [-0.1, -0.05) is 18.2 Å². The lowest BCUT2D eigenvalue weighted by Crippen LogP contribution is -2.40. The van der Waals surface area contributed by atoms with E-state index in [-0.39, 0.29) is 11.4 Å². The van der Waals surface area contributed by atoms with Crippen molar-refractivity contribution in [3.8, 4) is 0 Å². The minimum absolute atomic E-state index is 0.0566. The molecule has 1 N–H and O–H groups in total. The molecule has 0 aliphatic heterocycles. The summed E-state index contributed by atoms with van der Waals surface area (Å²) in [4.78, 5) is 14.9. The molecule has 0 saturated carbocycles. The first kappa shape index (κ1) is 16.1. The van der Waals surface area contributed by atoms with Gasteiger partial charge < -0.3 is 5.11 Å². The Labute approximate surface area is 128 Å². The van der Waals surface area contributed by atoms with Gasteiger partial charge in [0.05, 0.1) is 11.4 Å². The molecule has 0 saturated heterocycles. The highest BCUT2D eigenvalue weighted by molar-refractivity contribution is 7.89. The summed E-state index contributed by atoms with van der Waals surface area (Å²) in [6.45, 7) is 1.55. The van der Waals surface area contributed by atoms with Crippen LogP contribution in [0.4, 0.5) is 0 Å². The molecule has 0 radical (unpaired) electrons. The summed E-state index contributed by atoms with van der Waals surface area (Å²) in [7, 11) is -2.68. The van der Waals surface area contributed by atoms with E-state index in [1.165, 1.54) is 37.4 Å². The molecule has 8 nitrogen and oxygen atoms in total. The number of carboxylic acid groups (broad SMARTS) is 1. The number of likely N-dealkylation sites (N-methyl/N-ethyl adjacent to an activating group) is 1. The fourth-order valence-corrected chi connectivity index (χ4v) is 3.43. The highest BCUT2D eigenvalue weighted by Crippen LogP contribution is 2.21. The zero-order valence-corrected chi connectivity index (χ0v) is 12.9. The molecule has 0 amide bonds. The van der Waals surface area contributed by atoms with Crippen LogP contribution in [0.1, 0.15) is 12.5 Å². The summed E-state index contributed by atoms with van der Waals surface area (Å²) in [6, 6.07) is 5.26. The molecule has 1 unspecified atom stereocenters. The summed E-state index contributed by atoms with van der Waals surface area (Å²) in [5, 5.41) is 13.0. The summed E-state index contributed by atoms with van der Waals surface area (Å²) >= 11 is 0. The predicted molar refractivity (Wildman–Crippen MR) is 77.6 cm³/mol. The van der Waals surface area contributed by atoms with Crippen molar-refractivity contribution in [2.24, 2.45) is 0 Å². The first-order valence-corrected chi connectivity index (χ1v) is 7.89. The largest absolute Gasteiger partial charge is 0.480 e. The number of hydrogen-bond donors (Lipinski definition) is 1. The number of aliphatic carboxylic acids is 1. The van der Waals surface area contributed by atoms with E-state index in [0.717, 1.165) is 4.31 Å². The van der Waals surface area contributed by atoms with Crippen molar-refractivity contribution in [1.82, 2.24) is 19.1 Å². The van der Waals surface area contributed by atoms with E-state index in [2.05, 4.69) is 10.1 Å². The van der Waals surface area contributed by atoms with E-state index < -0.39 is 22.0 Å². The molecule has 1 atom stereocenters. The number of carbonyl (C=O) groups is 1. The van der Waals surface area contributed by atoms with Crippen LogP contribution in [0, 0.1) is 0 Å². The molecule has 1 heterocycles. The van der Waals surface area contributed by atoms with Gasteiger partial charge >= 0.3 is 5.97 Å². The average Bonchev–Trinajstić information content (AvgIpc) is 2.99. The minimum Gasteiger partial charge on any atom is -0.480 e. The summed E-state index contributed by atoms with van der Waals surface area (Å²) in [6.07, 6.45) is 2.84. The Hall–Kier alpha value is -2.26. The quantitative estimate of drug-likeness (QED) is 0.825. The lowest BCUT2D eigenvalue weighted by Gasteiger charge is -2.22. The Bertz CT molecular complexity index is 758. The summed E-state index contributed by atoms with van der Waals surface area (Å²) in [5.41, 5.74) is 0.512. The number of benzene rings is 1. The Morgan fingerprint density at radius 3 is 2.68 bits per heavy atom. The first-order valence-electron chi connectivity index (χ1n) is 6.45. The van der Waals surface area contributed by atoms with E-state index in [1.807, 2.05) is 0 Å². The van der Waals surface area contributed by atoms with Crippen LogP contribution in [0.2, 0.25) is 0 Å². The zero-order chi connectivity index (χ0) is 16.3. The predicted octanol–water partition coefficient (Wildman–Crippen LogP) is 0.420. The van der Waals surface area contributed by atoms with Gasteiger partial charge in [0.25, 0.3) is 0 Å². The molecule has 0 bridgehead atoms. The minimum atomic E-state index is -3.93. The van der Waals surface area contributed by atoms with Gasteiger partial charge in [-0.15, -0.1) is 0 Å². The third kappa shape index (κ3) is 3.15. The molecule has 0 fully saturated rings. The van der Waals surface area contributed by atoms with Crippen molar-refractivity contribution in [2.75, 3.05) is 7.05 Å². The number of rotatable bonds is 6. The molecule has 0 aliphatic rings. The normalized spacial score (nSPS) is 13.2. The smallest absolute Gasteiger partial charge is 0.321 e. The van der Waals surface area contributed by atoms with Crippen molar-refractivity contribution in [1.29, 1.82) is 0 Å². The van der Waals surface area contributed by atoms with Gasteiger partial charge in [-0.05, 0) is 18.6 Å². The third-order valence-electron chi connectivity index (χ3n) is 3.33. The Morgan fingerprint density at radius 1 is 1.41 bits per heavy atom. The van der Waals surface area contributed by atoms with Gasteiger partial charge in [0.1, 0.15) is 18.7 Å². The SMILES string of the molecule is CC(C(=O)O)N(C)S(=O)(=O)c1ccccc1Cn1cncn1.